The Morgan fingerprint density at radius 3 is 2.59 bits per heavy atom. The minimum absolute atomic E-state index is 0.0763. The fraction of sp³-hybridized carbons (Fsp3) is 0.571. The van der Waals surface area contributed by atoms with E-state index in [9.17, 15) is 0 Å². The SMILES string of the molecule is CC1=CCN(C(c2ccc(C)o2)C(C)N)CC1. The van der Waals surface area contributed by atoms with Gasteiger partial charge in [0.1, 0.15) is 11.5 Å². The number of aryl methyl sites for hydroxylation is 1. The van der Waals surface area contributed by atoms with Crippen LogP contribution in [0.15, 0.2) is 28.2 Å². The monoisotopic (exact) mass is 234 g/mol. The van der Waals surface area contributed by atoms with Crippen LogP contribution >= 0.6 is 0 Å². The van der Waals surface area contributed by atoms with Gasteiger partial charge in [0.15, 0.2) is 0 Å². The van der Waals surface area contributed by atoms with Gasteiger partial charge >= 0.3 is 0 Å². The van der Waals surface area contributed by atoms with Crippen LogP contribution in [0.3, 0.4) is 0 Å². The Morgan fingerprint density at radius 2 is 2.12 bits per heavy atom. The molecule has 0 radical (unpaired) electrons. The average Bonchev–Trinajstić information content (AvgIpc) is 2.68. The van der Waals surface area contributed by atoms with E-state index < -0.39 is 0 Å². The summed E-state index contributed by atoms with van der Waals surface area (Å²) in [4.78, 5) is 2.40. The van der Waals surface area contributed by atoms with Gasteiger partial charge in [0.25, 0.3) is 0 Å². The Bertz CT molecular complexity index is 406. The molecule has 0 fully saturated rings. The van der Waals surface area contributed by atoms with Gasteiger partial charge in [0.2, 0.25) is 0 Å². The Morgan fingerprint density at radius 1 is 1.35 bits per heavy atom. The molecule has 2 unspecified atom stereocenters. The summed E-state index contributed by atoms with van der Waals surface area (Å²) in [5, 5.41) is 0. The Balaban J connectivity index is 2.18. The maximum atomic E-state index is 6.12. The molecular weight excluding hydrogens is 212 g/mol. The lowest BCUT2D eigenvalue weighted by Crippen LogP contribution is -2.41. The van der Waals surface area contributed by atoms with Crippen molar-refractivity contribution in [2.75, 3.05) is 13.1 Å². The summed E-state index contributed by atoms with van der Waals surface area (Å²) < 4.78 is 5.74. The standard InChI is InChI=1S/C14H22N2O/c1-10-6-8-16(9-7-10)14(12(3)15)13-5-4-11(2)17-13/h4-6,12,14H,7-9,15H2,1-3H3. The van der Waals surface area contributed by atoms with Crippen molar-refractivity contribution >= 4 is 0 Å². The van der Waals surface area contributed by atoms with Crippen LogP contribution in [0.4, 0.5) is 0 Å². The molecule has 1 aromatic rings. The molecule has 2 N–H and O–H groups in total. The fourth-order valence-electron chi connectivity index (χ4n) is 2.42. The second kappa shape index (κ2) is 5.07. The Labute approximate surface area is 103 Å². The lowest BCUT2D eigenvalue weighted by Gasteiger charge is -2.34. The van der Waals surface area contributed by atoms with Crippen molar-refractivity contribution in [2.45, 2.75) is 39.3 Å². The van der Waals surface area contributed by atoms with Gasteiger partial charge in [0.05, 0.1) is 6.04 Å². The van der Waals surface area contributed by atoms with Crippen molar-refractivity contribution in [1.29, 1.82) is 0 Å². The molecule has 2 atom stereocenters. The van der Waals surface area contributed by atoms with E-state index in [0.29, 0.717) is 0 Å². The number of nitrogens with zero attached hydrogens (tertiary/aromatic N) is 1. The van der Waals surface area contributed by atoms with E-state index in [0.717, 1.165) is 31.0 Å². The van der Waals surface area contributed by atoms with Crippen LogP contribution in [0.1, 0.15) is 37.8 Å². The minimum Gasteiger partial charge on any atom is -0.465 e. The molecule has 0 bridgehead atoms. The van der Waals surface area contributed by atoms with Crippen molar-refractivity contribution < 1.29 is 4.42 Å². The molecule has 3 nitrogen and oxygen atoms in total. The van der Waals surface area contributed by atoms with Crippen LogP contribution in [-0.2, 0) is 0 Å². The number of rotatable bonds is 3. The maximum Gasteiger partial charge on any atom is 0.122 e. The van der Waals surface area contributed by atoms with Crippen molar-refractivity contribution in [2.24, 2.45) is 5.73 Å². The first-order chi connectivity index (χ1) is 8.08. The predicted molar refractivity (Wildman–Crippen MR) is 69.8 cm³/mol. The second-order valence-corrected chi connectivity index (χ2v) is 5.05. The lowest BCUT2D eigenvalue weighted by atomic mass is 10.0. The highest BCUT2D eigenvalue weighted by Gasteiger charge is 2.27. The summed E-state index contributed by atoms with van der Waals surface area (Å²) in [5.41, 5.74) is 7.59. The number of nitrogens with two attached hydrogens (primary N) is 1. The van der Waals surface area contributed by atoms with Crippen LogP contribution in [0.5, 0.6) is 0 Å². The van der Waals surface area contributed by atoms with Gasteiger partial charge in [0, 0.05) is 19.1 Å². The smallest absolute Gasteiger partial charge is 0.122 e. The molecule has 0 aromatic carbocycles. The number of hydrogen-bond acceptors (Lipinski definition) is 3. The van der Waals surface area contributed by atoms with Crippen molar-refractivity contribution in [3.05, 3.63) is 35.3 Å². The van der Waals surface area contributed by atoms with Gasteiger partial charge in [-0.1, -0.05) is 11.6 Å². The van der Waals surface area contributed by atoms with Gasteiger partial charge in [-0.2, -0.15) is 0 Å². The molecular formula is C14H22N2O. The van der Waals surface area contributed by atoms with E-state index in [1.165, 1.54) is 5.57 Å². The van der Waals surface area contributed by atoms with E-state index in [-0.39, 0.29) is 12.1 Å². The maximum absolute atomic E-state index is 6.12. The first-order valence-corrected chi connectivity index (χ1v) is 6.29. The molecule has 1 aromatic heterocycles. The normalized spacial score (nSPS) is 21.1. The van der Waals surface area contributed by atoms with Gasteiger partial charge < -0.3 is 10.2 Å². The summed E-state index contributed by atoms with van der Waals surface area (Å²) in [6.45, 7) is 8.25. The van der Waals surface area contributed by atoms with Crippen molar-refractivity contribution in [3.63, 3.8) is 0 Å². The molecule has 0 saturated carbocycles. The molecule has 1 aliphatic heterocycles. The van der Waals surface area contributed by atoms with Crippen LogP contribution in [0, 0.1) is 6.92 Å². The van der Waals surface area contributed by atoms with E-state index in [2.05, 4.69) is 24.0 Å². The highest BCUT2D eigenvalue weighted by molar-refractivity contribution is 5.14. The van der Waals surface area contributed by atoms with Gasteiger partial charge in [-0.3, -0.25) is 4.90 Å². The zero-order chi connectivity index (χ0) is 12.4. The topological polar surface area (TPSA) is 42.4 Å². The third-order valence-electron chi connectivity index (χ3n) is 3.41. The highest BCUT2D eigenvalue weighted by atomic mass is 16.3. The van der Waals surface area contributed by atoms with Gasteiger partial charge in [-0.15, -0.1) is 0 Å². The quantitative estimate of drug-likeness (QED) is 0.817. The molecule has 1 aliphatic rings. The van der Waals surface area contributed by atoms with Gasteiger partial charge in [-0.25, -0.2) is 0 Å². The summed E-state index contributed by atoms with van der Waals surface area (Å²) in [6, 6.07) is 4.32. The fourth-order valence-corrected chi connectivity index (χ4v) is 2.42. The largest absolute Gasteiger partial charge is 0.465 e. The Hall–Kier alpha value is -1.06. The molecule has 0 aliphatic carbocycles. The van der Waals surface area contributed by atoms with Crippen molar-refractivity contribution in [1.82, 2.24) is 4.90 Å². The first-order valence-electron chi connectivity index (χ1n) is 6.29. The molecule has 94 valence electrons. The molecule has 0 amide bonds. The third kappa shape index (κ3) is 2.79. The average molecular weight is 234 g/mol. The zero-order valence-corrected chi connectivity index (χ0v) is 10.9. The van der Waals surface area contributed by atoms with Crippen LogP contribution in [0.25, 0.3) is 0 Å². The summed E-state index contributed by atoms with van der Waals surface area (Å²) >= 11 is 0. The second-order valence-electron chi connectivity index (χ2n) is 5.05. The summed E-state index contributed by atoms with van der Waals surface area (Å²) in [5.74, 6) is 1.94. The van der Waals surface area contributed by atoms with Gasteiger partial charge in [-0.05, 0) is 39.3 Å². The zero-order valence-electron chi connectivity index (χ0n) is 10.9. The molecule has 3 heteroatoms. The van der Waals surface area contributed by atoms with E-state index >= 15 is 0 Å². The predicted octanol–water partition coefficient (Wildman–Crippen LogP) is 2.63. The molecule has 0 saturated heterocycles. The number of hydrogen-bond donors (Lipinski definition) is 1. The Kier molecular flexibility index (Phi) is 3.69. The summed E-state index contributed by atoms with van der Waals surface area (Å²) in [7, 11) is 0. The van der Waals surface area contributed by atoms with Crippen LogP contribution in [0.2, 0.25) is 0 Å². The molecule has 17 heavy (non-hydrogen) atoms. The molecule has 2 rings (SSSR count). The minimum atomic E-state index is 0.0763. The van der Waals surface area contributed by atoms with E-state index in [1.807, 2.05) is 19.9 Å². The first kappa shape index (κ1) is 12.4. The van der Waals surface area contributed by atoms with Crippen LogP contribution < -0.4 is 5.73 Å². The molecule has 2 heterocycles. The van der Waals surface area contributed by atoms with E-state index in [1.54, 1.807) is 0 Å². The molecule has 0 spiro atoms. The van der Waals surface area contributed by atoms with Crippen molar-refractivity contribution in [3.8, 4) is 0 Å². The number of furan rings is 1. The van der Waals surface area contributed by atoms with Crippen LogP contribution in [-0.4, -0.2) is 24.0 Å². The van der Waals surface area contributed by atoms with E-state index in [4.69, 9.17) is 10.2 Å². The third-order valence-corrected chi connectivity index (χ3v) is 3.41. The lowest BCUT2D eigenvalue weighted by molar-refractivity contribution is 0.165. The summed E-state index contributed by atoms with van der Waals surface area (Å²) in [6.07, 6.45) is 3.41. The highest BCUT2D eigenvalue weighted by Crippen LogP contribution is 2.27.